The molecule has 226 valence electrons. The van der Waals surface area contributed by atoms with E-state index in [9.17, 15) is 24.6 Å². The predicted molar refractivity (Wildman–Crippen MR) is 166 cm³/mol. The van der Waals surface area contributed by atoms with Crippen molar-refractivity contribution in [2.24, 2.45) is 0 Å². The predicted octanol–water partition coefficient (Wildman–Crippen LogP) is 5.44. The van der Waals surface area contributed by atoms with Gasteiger partial charge in [0, 0.05) is 38.4 Å². The molecule has 11 heteroatoms. The Kier molecular flexibility index (Phi) is 7.54. The minimum atomic E-state index is -1.01. The zero-order valence-corrected chi connectivity index (χ0v) is 25.4. The first-order valence-electron chi connectivity index (χ1n) is 14.4. The van der Waals surface area contributed by atoms with Gasteiger partial charge in [0.25, 0.3) is 11.8 Å². The molecular weight excluding hydrogens is 582 g/mol. The normalized spacial score (nSPS) is 15.9. The van der Waals surface area contributed by atoms with Crippen LogP contribution in [0.1, 0.15) is 55.7 Å². The molecule has 0 fully saturated rings. The highest BCUT2D eigenvalue weighted by molar-refractivity contribution is 6.34. The van der Waals surface area contributed by atoms with Crippen molar-refractivity contribution in [3.63, 3.8) is 0 Å². The molecule has 0 saturated heterocycles. The molecule has 0 bridgehead atoms. The van der Waals surface area contributed by atoms with Crippen LogP contribution in [-0.4, -0.2) is 67.3 Å². The van der Waals surface area contributed by atoms with Gasteiger partial charge in [-0.15, -0.1) is 0 Å². The number of hydrogen-bond acceptors (Lipinski definition) is 5. The van der Waals surface area contributed by atoms with Crippen LogP contribution in [-0.2, 0) is 25.9 Å². The zero-order chi connectivity index (χ0) is 31.3. The molecule has 3 heterocycles. The number of amides is 3. The highest BCUT2D eigenvalue weighted by Crippen LogP contribution is 2.33. The molecule has 0 radical (unpaired) electrons. The van der Waals surface area contributed by atoms with Crippen molar-refractivity contribution in [1.82, 2.24) is 19.6 Å². The summed E-state index contributed by atoms with van der Waals surface area (Å²) in [5.41, 5.74) is 5.85. The van der Waals surface area contributed by atoms with Crippen LogP contribution in [0.2, 0.25) is 5.02 Å². The number of rotatable bonds is 4. The van der Waals surface area contributed by atoms with Gasteiger partial charge in [0.05, 0.1) is 22.0 Å². The highest BCUT2D eigenvalue weighted by atomic mass is 35.5. The summed E-state index contributed by atoms with van der Waals surface area (Å²) in [5, 5.41) is 24.1. The van der Waals surface area contributed by atoms with Crippen LogP contribution < -0.4 is 4.90 Å². The number of carbonyl (C=O) groups is 3. The second-order valence-electron chi connectivity index (χ2n) is 11.4. The first-order chi connectivity index (χ1) is 21.0. The molecule has 1 aromatic heterocycles. The van der Waals surface area contributed by atoms with Gasteiger partial charge >= 0.3 is 6.09 Å². The molecule has 44 heavy (non-hydrogen) atoms. The van der Waals surface area contributed by atoms with Crippen molar-refractivity contribution in [1.29, 1.82) is 0 Å². The average molecular weight is 614 g/mol. The van der Waals surface area contributed by atoms with E-state index in [1.165, 1.54) is 27.5 Å². The quantitative estimate of drug-likeness (QED) is 0.316. The van der Waals surface area contributed by atoms with Crippen LogP contribution >= 0.6 is 11.6 Å². The molecule has 3 aromatic carbocycles. The summed E-state index contributed by atoms with van der Waals surface area (Å²) in [6.45, 7) is 4.70. The number of anilines is 1. The average Bonchev–Trinajstić information content (AvgIpc) is 3.32. The molecule has 4 aromatic rings. The minimum absolute atomic E-state index is 0.0215. The molecule has 10 nitrogen and oxygen atoms in total. The Morgan fingerprint density at radius 1 is 0.977 bits per heavy atom. The molecule has 1 atom stereocenters. The Labute approximate surface area is 259 Å². The summed E-state index contributed by atoms with van der Waals surface area (Å²) in [6, 6.07) is 17.9. The fourth-order valence-electron chi connectivity index (χ4n) is 6.02. The van der Waals surface area contributed by atoms with Crippen molar-refractivity contribution < 1.29 is 24.6 Å². The van der Waals surface area contributed by atoms with E-state index in [2.05, 4.69) is 11.2 Å². The number of nitrogens with zero attached hydrogens (tertiary/aromatic N) is 5. The van der Waals surface area contributed by atoms with Crippen LogP contribution in [0.4, 0.5) is 10.5 Å². The van der Waals surface area contributed by atoms with E-state index in [1.54, 1.807) is 36.9 Å². The topological polar surface area (TPSA) is 119 Å². The van der Waals surface area contributed by atoms with Gasteiger partial charge < -0.3 is 24.9 Å². The number of benzene rings is 3. The first kappa shape index (κ1) is 29.3. The summed E-state index contributed by atoms with van der Waals surface area (Å²) in [6.07, 6.45) is 0.175. The van der Waals surface area contributed by atoms with Crippen LogP contribution in [0.15, 0.2) is 60.7 Å². The van der Waals surface area contributed by atoms with Crippen LogP contribution in [0.5, 0.6) is 5.75 Å². The van der Waals surface area contributed by atoms with E-state index >= 15 is 0 Å². The molecule has 0 unspecified atom stereocenters. The van der Waals surface area contributed by atoms with E-state index in [0.717, 1.165) is 16.7 Å². The number of aromatic hydroxyl groups is 1. The lowest BCUT2D eigenvalue weighted by Crippen LogP contribution is -2.43. The Bertz CT molecular complexity index is 1800. The summed E-state index contributed by atoms with van der Waals surface area (Å²) >= 11 is 6.73. The van der Waals surface area contributed by atoms with Gasteiger partial charge in [0.2, 0.25) is 0 Å². The lowest BCUT2D eigenvalue weighted by Gasteiger charge is -2.36. The largest absolute Gasteiger partial charge is 0.508 e. The van der Waals surface area contributed by atoms with Crippen molar-refractivity contribution >= 4 is 35.2 Å². The van der Waals surface area contributed by atoms with Crippen molar-refractivity contribution in [3.05, 3.63) is 105 Å². The van der Waals surface area contributed by atoms with Gasteiger partial charge in [0.15, 0.2) is 5.69 Å². The van der Waals surface area contributed by atoms with Crippen LogP contribution in [0.25, 0.3) is 5.69 Å². The van der Waals surface area contributed by atoms with Gasteiger partial charge in [-0.2, -0.15) is 5.10 Å². The molecule has 6 rings (SSSR count). The SMILES string of the molecule is Cc1c(Cl)c(C(=O)N(C)c2ccc(O)cc2)nn1-c1cc2c(cc1C(=O)N1Cc3ccccc3C[C@H]1C)CN(C(=O)O)CC2. The summed E-state index contributed by atoms with van der Waals surface area (Å²) in [7, 11) is 1.59. The number of phenols is 1. The molecule has 2 aliphatic heterocycles. The number of carboxylic acid groups (broad SMARTS) is 1. The second-order valence-corrected chi connectivity index (χ2v) is 11.8. The fourth-order valence-corrected chi connectivity index (χ4v) is 6.22. The maximum atomic E-state index is 14.4. The standard InChI is InChI=1S/C33H32ClN5O5/c1-19-14-21-6-4-5-7-23(21)18-38(19)31(41)27-15-24-17-37(33(43)44)13-12-22(24)16-28(27)39-20(2)29(34)30(35-39)32(42)36(3)25-8-10-26(40)11-9-25/h4-11,15-16,19,40H,12-14,17-18H2,1-3H3,(H,43,44)/t19-/m1/s1. The monoisotopic (exact) mass is 613 g/mol. The number of phenolic OH excluding ortho intramolecular Hbond substituents is 1. The highest BCUT2D eigenvalue weighted by Gasteiger charge is 2.33. The van der Waals surface area contributed by atoms with E-state index < -0.39 is 12.0 Å². The molecule has 0 aliphatic carbocycles. The van der Waals surface area contributed by atoms with Crippen LogP contribution in [0, 0.1) is 6.92 Å². The fraction of sp³-hybridized carbons (Fsp3) is 0.273. The van der Waals surface area contributed by atoms with E-state index in [4.69, 9.17) is 11.6 Å². The zero-order valence-electron chi connectivity index (χ0n) is 24.6. The van der Waals surface area contributed by atoms with Gasteiger partial charge in [-0.1, -0.05) is 35.9 Å². The van der Waals surface area contributed by atoms with Gasteiger partial charge in [0.1, 0.15) is 5.75 Å². The smallest absolute Gasteiger partial charge is 0.407 e. The summed E-state index contributed by atoms with van der Waals surface area (Å²) in [4.78, 5) is 44.3. The number of fused-ring (bicyclic) bond motifs is 2. The molecular formula is C33H32ClN5O5. The summed E-state index contributed by atoms with van der Waals surface area (Å²) < 4.78 is 1.54. The third-order valence-electron chi connectivity index (χ3n) is 8.61. The number of hydrogen-bond donors (Lipinski definition) is 2. The number of halogens is 1. The van der Waals surface area contributed by atoms with Crippen molar-refractivity contribution in [3.8, 4) is 11.4 Å². The van der Waals surface area contributed by atoms with E-state index in [1.807, 2.05) is 36.1 Å². The minimum Gasteiger partial charge on any atom is -0.508 e. The van der Waals surface area contributed by atoms with Crippen molar-refractivity contribution in [2.75, 3.05) is 18.5 Å². The maximum absolute atomic E-state index is 14.4. The molecule has 0 saturated carbocycles. The maximum Gasteiger partial charge on any atom is 0.407 e. The van der Waals surface area contributed by atoms with Crippen molar-refractivity contribution in [2.45, 2.75) is 45.8 Å². The Morgan fingerprint density at radius 3 is 2.39 bits per heavy atom. The van der Waals surface area contributed by atoms with E-state index in [-0.39, 0.29) is 35.0 Å². The molecule has 2 N–H and O–H groups in total. The van der Waals surface area contributed by atoms with Gasteiger partial charge in [-0.3, -0.25) is 9.59 Å². The molecule has 3 amide bonds. The summed E-state index contributed by atoms with van der Waals surface area (Å²) in [5.74, 6) is -0.584. The number of carbonyl (C=O) groups excluding carboxylic acids is 2. The lowest BCUT2D eigenvalue weighted by atomic mass is 9.92. The van der Waals surface area contributed by atoms with Gasteiger partial charge in [-0.25, -0.2) is 9.48 Å². The first-order valence-corrected chi connectivity index (χ1v) is 14.7. The molecule has 2 aliphatic rings. The Morgan fingerprint density at radius 2 is 1.68 bits per heavy atom. The lowest BCUT2D eigenvalue weighted by molar-refractivity contribution is 0.0657. The van der Waals surface area contributed by atoms with Crippen LogP contribution in [0.3, 0.4) is 0 Å². The van der Waals surface area contributed by atoms with E-state index in [0.29, 0.717) is 48.6 Å². The Balaban J connectivity index is 1.44. The van der Waals surface area contributed by atoms with Gasteiger partial charge in [-0.05, 0) is 85.3 Å². The second kappa shape index (κ2) is 11.3. The third kappa shape index (κ3) is 5.15. The Hall–Kier alpha value is -4.83. The third-order valence-corrected chi connectivity index (χ3v) is 9.07. The number of aromatic nitrogens is 2. The molecule has 0 spiro atoms.